The molecule has 0 aliphatic heterocycles. The lowest BCUT2D eigenvalue weighted by Gasteiger charge is -2.09. The van der Waals surface area contributed by atoms with Crippen molar-refractivity contribution in [2.75, 3.05) is 7.11 Å². The molecule has 0 radical (unpaired) electrons. The molecule has 0 saturated carbocycles. The molecule has 1 aromatic carbocycles. The Labute approximate surface area is 122 Å². The summed E-state index contributed by atoms with van der Waals surface area (Å²) in [5, 5.41) is 6.64. The third-order valence-corrected chi connectivity index (χ3v) is 4.21. The van der Waals surface area contributed by atoms with Crippen LogP contribution >= 0.6 is 11.3 Å². The maximum absolute atomic E-state index is 5.94. The van der Waals surface area contributed by atoms with E-state index < -0.39 is 0 Å². The Hall–Kier alpha value is -1.78. The van der Waals surface area contributed by atoms with Crippen LogP contribution in [0.25, 0.3) is 11.0 Å². The van der Waals surface area contributed by atoms with Crippen molar-refractivity contribution < 1.29 is 9.15 Å². The maximum atomic E-state index is 5.94. The van der Waals surface area contributed by atoms with Crippen LogP contribution < -0.4 is 10.1 Å². The molecular weight excluding hydrogens is 270 g/mol. The molecule has 2 heterocycles. The highest BCUT2D eigenvalue weighted by Crippen LogP contribution is 2.30. The van der Waals surface area contributed by atoms with Crippen LogP contribution in [0.2, 0.25) is 0 Å². The standard InChI is InChI=1S/C16H17NO2S/c1-11(17-10-13-6-4-8-20-13)15-9-12-5-3-7-14(18-2)16(12)19-15/h3-9,11,17H,10H2,1-2H3. The number of furan rings is 1. The molecule has 3 rings (SSSR count). The van der Waals surface area contributed by atoms with Gasteiger partial charge in [0.2, 0.25) is 0 Å². The minimum Gasteiger partial charge on any atom is -0.493 e. The molecule has 0 aliphatic rings. The molecule has 3 aromatic rings. The fourth-order valence-corrected chi connectivity index (χ4v) is 2.85. The zero-order valence-corrected chi connectivity index (χ0v) is 12.4. The highest BCUT2D eigenvalue weighted by atomic mass is 32.1. The van der Waals surface area contributed by atoms with Crippen LogP contribution in [0.4, 0.5) is 0 Å². The van der Waals surface area contributed by atoms with E-state index in [1.807, 2.05) is 18.2 Å². The first-order chi connectivity index (χ1) is 9.78. The molecule has 0 fully saturated rings. The van der Waals surface area contributed by atoms with Gasteiger partial charge in [0.1, 0.15) is 5.76 Å². The van der Waals surface area contributed by atoms with E-state index in [9.17, 15) is 0 Å². The Morgan fingerprint density at radius 2 is 2.20 bits per heavy atom. The lowest BCUT2D eigenvalue weighted by atomic mass is 10.2. The average Bonchev–Trinajstić information content (AvgIpc) is 3.12. The Morgan fingerprint density at radius 3 is 2.95 bits per heavy atom. The topological polar surface area (TPSA) is 34.4 Å². The quantitative estimate of drug-likeness (QED) is 0.757. The van der Waals surface area contributed by atoms with Gasteiger partial charge in [0.25, 0.3) is 0 Å². The number of para-hydroxylation sites is 1. The number of thiophene rings is 1. The van der Waals surface area contributed by atoms with Crippen LogP contribution in [0.3, 0.4) is 0 Å². The molecule has 1 atom stereocenters. The number of methoxy groups -OCH3 is 1. The van der Waals surface area contributed by atoms with Crippen LogP contribution in [0.1, 0.15) is 23.6 Å². The molecule has 2 aromatic heterocycles. The van der Waals surface area contributed by atoms with Crippen LogP contribution in [0, 0.1) is 0 Å². The molecule has 0 aliphatic carbocycles. The monoisotopic (exact) mass is 287 g/mol. The number of rotatable bonds is 5. The molecule has 0 spiro atoms. The van der Waals surface area contributed by atoms with Gasteiger partial charge in [0, 0.05) is 16.8 Å². The highest BCUT2D eigenvalue weighted by Gasteiger charge is 2.13. The first-order valence-corrected chi connectivity index (χ1v) is 7.48. The van der Waals surface area contributed by atoms with Gasteiger partial charge in [-0.1, -0.05) is 18.2 Å². The van der Waals surface area contributed by atoms with E-state index in [1.54, 1.807) is 18.4 Å². The summed E-state index contributed by atoms with van der Waals surface area (Å²) in [6, 6.07) is 12.4. The summed E-state index contributed by atoms with van der Waals surface area (Å²) in [6.07, 6.45) is 0. The van der Waals surface area contributed by atoms with Gasteiger partial charge in [-0.2, -0.15) is 0 Å². The van der Waals surface area contributed by atoms with Crippen molar-refractivity contribution in [3.8, 4) is 5.75 Å². The first kappa shape index (κ1) is 13.2. The third-order valence-electron chi connectivity index (χ3n) is 3.34. The molecule has 4 heteroatoms. The largest absolute Gasteiger partial charge is 0.493 e. The number of hydrogen-bond donors (Lipinski definition) is 1. The van der Waals surface area contributed by atoms with Crippen LogP contribution in [0.15, 0.2) is 46.2 Å². The summed E-state index contributed by atoms with van der Waals surface area (Å²) in [7, 11) is 1.66. The van der Waals surface area contributed by atoms with E-state index in [1.165, 1.54) is 4.88 Å². The fraction of sp³-hybridized carbons (Fsp3) is 0.250. The lowest BCUT2D eigenvalue weighted by molar-refractivity contribution is 0.400. The zero-order chi connectivity index (χ0) is 13.9. The smallest absolute Gasteiger partial charge is 0.176 e. The summed E-state index contributed by atoms with van der Waals surface area (Å²) in [5.41, 5.74) is 0.815. The van der Waals surface area contributed by atoms with Crippen molar-refractivity contribution in [2.24, 2.45) is 0 Å². The van der Waals surface area contributed by atoms with Crippen LogP contribution in [0.5, 0.6) is 5.75 Å². The Bertz CT molecular complexity index is 688. The van der Waals surface area contributed by atoms with E-state index in [4.69, 9.17) is 9.15 Å². The number of nitrogens with one attached hydrogen (secondary N) is 1. The van der Waals surface area contributed by atoms with Crippen molar-refractivity contribution in [3.05, 3.63) is 52.4 Å². The van der Waals surface area contributed by atoms with Gasteiger partial charge in [0.05, 0.1) is 13.2 Å². The number of ether oxygens (including phenoxy) is 1. The van der Waals surface area contributed by atoms with Crippen LogP contribution in [-0.4, -0.2) is 7.11 Å². The Morgan fingerprint density at radius 1 is 1.30 bits per heavy atom. The fourth-order valence-electron chi connectivity index (χ4n) is 2.20. The third kappa shape index (κ3) is 2.57. The second kappa shape index (κ2) is 5.69. The molecule has 0 saturated heterocycles. The summed E-state index contributed by atoms with van der Waals surface area (Å²) < 4.78 is 11.3. The maximum Gasteiger partial charge on any atom is 0.176 e. The van der Waals surface area contributed by atoms with Crippen molar-refractivity contribution in [3.63, 3.8) is 0 Å². The van der Waals surface area contributed by atoms with Crippen molar-refractivity contribution in [1.29, 1.82) is 0 Å². The number of hydrogen-bond acceptors (Lipinski definition) is 4. The second-order valence-electron chi connectivity index (χ2n) is 4.71. The summed E-state index contributed by atoms with van der Waals surface area (Å²) >= 11 is 1.76. The highest BCUT2D eigenvalue weighted by molar-refractivity contribution is 7.09. The van der Waals surface area contributed by atoms with Gasteiger partial charge in [-0.15, -0.1) is 11.3 Å². The van der Waals surface area contributed by atoms with E-state index >= 15 is 0 Å². The van der Waals surface area contributed by atoms with Gasteiger partial charge >= 0.3 is 0 Å². The van der Waals surface area contributed by atoms with Crippen molar-refractivity contribution in [2.45, 2.75) is 19.5 Å². The molecule has 1 N–H and O–H groups in total. The predicted molar refractivity (Wildman–Crippen MR) is 82.3 cm³/mol. The van der Waals surface area contributed by atoms with E-state index in [0.717, 1.165) is 29.0 Å². The number of fused-ring (bicyclic) bond motifs is 1. The first-order valence-electron chi connectivity index (χ1n) is 6.60. The van der Waals surface area contributed by atoms with E-state index in [-0.39, 0.29) is 6.04 Å². The molecule has 3 nitrogen and oxygen atoms in total. The molecule has 0 bridgehead atoms. The van der Waals surface area contributed by atoms with E-state index in [0.29, 0.717) is 0 Å². The molecular formula is C16H17NO2S. The Kier molecular flexibility index (Phi) is 3.76. The van der Waals surface area contributed by atoms with Gasteiger partial charge < -0.3 is 14.5 Å². The Balaban J connectivity index is 1.79. The van der Waals surface area contributed by atoms with Gasteiger partial charge in [0.15, 0.2) is 11.3 Å². The van der Waals surface area contributed by atoms with Crippen LogP contribution in [-0.2, 0) is 6.54 Å². The van der Waals surface area contributed by atoms with Gasteiger partial charge in [-0.3, -0.25) is 0 Å². The second-order valence-corrected chi connectivity index (χ2v) is 5.74. The van der Waals surface area contributed by atoms with Crippen molar-refractivity contribution >= 4 is 22.3 Å². The zero-order valence-electron chi connectivity index (χ0n) is 11.6. The normalized spacial score (nSPS) is 12.7. The van der Waals surface area contributed by atoms with E-state index in [2.05, 4.69) is 35.8 Å². The lowest BCUT2D eigenvalue weighted by Crippen LogP contribution is -2.16. The summed E-state index contributed by atoms with van der Waals surface area (Å²) in [5.74, 6) is 1.71. The van der Waals surface area contributed by atoms with Crippen molar-refractivity contribution in [1.82, 2.24) is 5.32 Å². The minimum absolute atomic E-state index is 0.161. The molecule has 1 unspecified atom stereocenters. The molecule has 20 heavy (non-hydrogen) atoms. The molecule has 104 valence electrons. The van der Waals surface area contributed by atoms with Gasteiger partial charge in [-0.25, -0.2) is 0 Å². The number of benzene rings is 1. The SMILES string of the molecule is COc1cccc2cc(C(C)NCc3cccs3)oc12. The van der Waals surface area contributed by atoms with Gasteiger partial charge in [-0.05, 0) is 30.5 Å². The summed E-state index contributed by atoms with van der Waals surface area (Å²) in [4.78, 5) is 1.32. The minimum atomic E-state index is 0.161. The average molecular weight is 287 g/mol. The molecule has 0 amide bonds. The predicted octanol–water partition coefficient (Wildman–Crippen LogP) is 4.35. The summed E-state index contributed by atoms with van der Waals surface area (Å²) in [6.45, 7) is 2.96.